The molecule has 0 aliphatic rings. The van der Waals surface area contributed by atoms with E-state index in [-0.39, 0.29) is 5.75 Å². The highest BCUT2D eigenvalue weighted by atomic mass is 16.3. The number of nitrogen functional groups attached to an aromatic ring is 1. The number of rotatable bonds is 6. The van der Waals surface area contributed by atoms with Crippen LogP contribution in [-0.4, -0.2) is 10.8 Å². The Morgan fingerprint density at radius 2 is 1.33 bits per heavy atom. The molecule has 0 spiro atoms. The minimum absolute atomic E-state index is 0.277. The van der Waals surface area contributed by atoms with E-state index >= 15 is 0 Å². The van der Waals surface area contributed by atoms with Gasteiger partial charge in [-0.15, -0.1) is 0 Å². The summed E-state index contributed by atoms with van der Waals surface area (Å²) in [4.78, 5) is 5.05. The number of hydrogen-bond donors (Lipinski definition) is 2. The van der Waals surface area contributed by atoms with E-state index in [0.29, 0.717) is 0 Å². The predicted molar refractivity (Wildman–Crippen MR) is 128 cm³/mol. The predicted octanol–water partition coefficient (Wildman–Crippen LogP) is 6.72. The molecule has 156 valence electrons. The summed E-state index contributed by atoms with van der Waals surface area (Å²) in [6.45, 7) is 10.6. The van der Waals surface area contributed by atoms with Crippen molar-refractivity contribution >= 4 is 17.1 Å². The van der Waals surface area contributed by atoms with Gasteiger partial charge in [0.05, 0.1) is 5.69 Å². The first-order valence-corrected chi connectivity index (χ1v) is 10.6. The van der Waals surface area contributed by atoms with Gasteiger partial charge in [0.2, 0.25) is 0 Å². The van der Waals surface area contributed by atoms with Crippen LogP contribution in [-0.2, 0) is 6.42 Å². The van der Waals surface area contributed by atoms with Crippen LogP contribution in [0.25, 0.3) is 0 Å². The first-order valence-electron chi connectivity index (χ1n) is 10.6. The minimum Gasteiger partial charge on any atom is -0.508 e. The normalized spacial score (nSPS) is 11.7. The second-order valence-electron chi connectivity index (χ2n) is 8.25. The van der Waals surface area contributed by atoms with Gasteiger partial charge in [-0.05, 0) is 104 Å². The summed E-state index contributed by atoms with van der Waals surface area (Å²) in [5.74, 6) is 0.277. The molecule has 0 fully saturated rings. The van der Waals surface area contributed by atoms with Crippen molar-refractivity contribution in [2.75, 3.05) is 5.73 Å². The highest BCUT2D eigenvalue weighted by Crippen LogP contribution is 2.29. The average Bonchev–Trinajstić information content (AvgIpc) is 2.68. The van der Waals surface area contributed by atoms with Crippen LogP contribution in [0.15, 0.2) is 53.5 Å². The summed E-state index contributed by atoms with van der Waals surface area (Å²) in [5, 5.41) is 9.60. The van der Waals surface area contributed by atoms with E-state index in [1.54, 1.807) is 12.1 Å². The third-order valence-electron chi connectivity index (χ3n) is 5.55. The van der Waals surface area contributed by atoms with Gasteiger partial charge in [0.25, 0.3) is 0 Å². The molecule has 0 unspecified atom stereocenters. The lowest BCUT2D eigenvalue weighted by Gasteiger charge is -2.13. The topological polar surface area (TPSA) is 58.6 Å². The van der Waals surface area contributed by atoms with Gasteiger partial charge >= 0.3 is 0 Å². The van der Waals surface area contributed by atoms with Crippen molar-refractivity contribution in [1.29, 1.82) is 0 Å². The summed E-state index contributed by atoms with van der Waals surface area (Å²) >= 11 is 0. The van der Waals surface area contributed by atoms with Crippen LogP contribution in [0.1, 0.15) is 58.7 Å². The smallest absolute Gasteiger partial charge is 0.115 e. The molecule has 30 heavy (non-hydrogen) atoms. The van der Waals surface area contributed by atoms with Crippen LogP contribution in [0, 0.1) is 27.7 Å². The molecule has 0 saturated carbocycles. The van der Waals surface area contributed by atoms with Gasteiger partial charge in [-0.25, -0.2) is 0 Å². The maximum Gasteiger partial charge on any atom is 0.115 e. The quantitative estimate of drug-likeness (QED) is 0.356. The first-order chi connectivity index (χ1) is 14.3. The first kappa shape index (κ1) is 21.6. The molecular formula is C27H32N2O. The maximum absolute atomic E-state index is 9.60. The lowest BCUT2D eigenvalue weighted by Crippen LogP contribution is -2.01. The molecule has 3 nitrogen and oxygen atoms in total. The monoisotopic (exact) mass is 400 g/mol. The molecule has 3 aromatic carbocycles. The van der Waals surface area contributed by atoms with E-state index in [1.807, 2.05) is 12.1 Å². The fourth-order valence-electron chi connectivity index (χ4n) is 4.02. The highest BCUT2D eigenvalue weighted by Gasteiger charge is 2.10. The minimum atomic E-state index is 0.277. The van der Waals surface area contributed by atoms with E-state index in [9.17, 15) is 5.11 Å². The zero-order valence-corrected chi connectivity index (χ0v) is 18.7. The van der Waals surface area contributed by atoms with Crippen molar-refractivity contribution in [3.05, 3.63) is 87.5 Å². The molecule has 3 rings (SSSR count). The number of aryl methyl sites for hydroxylation is 4. The van der Waals surface area contributed by atoms with Gasteiger partial charge < -0.3 is 10.8 Å². The molecule has 0 aliphatic carbocycles. The van der Waals surface area contributed by atoms with E-state index < -0.39 is 0 Å². The van der Waals surface area contributed by atoms with Gasteiger partial charge in [0.1, 0.15) is 5.75 Å². The second kappa shape index (κ2) is 9.17. The fourth-order valence-corrected chi connectivity index (χ4v) is 4.02. The SMILES string of the molecule is CCCC(=Nc1c(C)cc(Cc2cc(C)c(N)c(C)c2)cc1C)c1ccc(O)cc1. The molecular weight excluding hydrogens is 368 g/mol. The lowest BCUT2D eigenvalue weighted by atomic mass is 9.96. The Bertz CT molecular complexity index is 1030. The van der Waals surface area contributed by atoms with Crippen molar-refractivity contribution in [1.82, 2.24) is 0 Å². The second-order valence-corrected chi connectivity index (χ2v) is 8.25. The van der Waals surface area contributed by atoms with Crippen molar-refractivity contribution in [2.24, 2.45) is 4.99 Å². The Kier molecular flexibility index (Phi) is 6.61. The molecule has 0 saturated heterocycles. The number of nitrogens with zero attached hydrogens (tertiary/aromatic N) is 1. The molecule has 0 radical (unpaired) electrons. The number of hydrogen-bond acceptors (Lipinski definition) is 3. The number of aromatic hydroxyl groups is 1. The Labute approximate surface area is 180 Å². The Balaban J connectivity index is 1.95. The molecule has 0 amide bonds. The van der Waals surface area contributed by atoms with E-state index in [0.717, 1.165) is 53.0 Å². The van der Waals surface area contributed by atoms with E-state index in [4.69, 9.17) is 10.7 Å². The summed E-state index contributed by atoms with van der Waals surface area (Å²) < 4.78 is 0. The van der Waals surface area contributed by atoms with Crippen molar-refractivity contribution in [3.8, 4) is 5.75 Å². The van der Waals surface area contributed by atoms with Gasteiger partial charge in [0, 0.05) is 11.4 Å². The number of anilines is 1. The molecule has 0 aliphatic heterocycles. The number of nitrogens with two attached hydrogens (primary N) is 1. The standard InChI is InChI=1S/C27H32N2O/c1-6-7-25(23-8-10-24(30)11-9-23)29-27-19(4)14-22(15-20(27)5)16-21-12-17(2)26(28)18(3)13-21/h8-15,30H,6-7,16,28H2,1-5H3. The average molecular weight is 401 g/mol. The third kappa shape index (κ3) is 4.91. The van der Waals surface area contributed by atoms with Crippen LogP contribution in [0.3, 0.4) is 0 Å². The fraction of sp³-hybridized carbons (Fsp3) is 0.296. The van der Waals surface area contributed by atoms with Gasteiger partial charge in [-0.2, -0.15) is 0 Å². The third-order valence-corrected chi connectivity index (χ3v) is 5.55. The van der Waals surface area contributed by atoms with Crippen LogP contribution in [0.2, 0.25) is 0 Å². The number of benzene rings is 3. The van der Waals surface area contributed by atoms with Crippen molar-refractivity contribution in [3.63, 3.8) is 0 Å². The molecule has 3 aromatic rings. The highest BCUT2D eigenvalue weighted by molar-refractivity contribution is 6.02. The maximum atomic E-state index is 9.60. The van der Waals surface area contributed by atoms with Crippen LogP contribution >= 0.6 is 0 Å². The van der Waals surface area contributed by atoms with Crippen molar-refractivity contribution < 1.29 is 5.11 Å². The lowest BCUT2D eigenvalue weighted by molar-refractivity contribution is 0.475. The summed E-state index contributed by atoms with van der Waals surface area (Å²) in [5.41, 5.74) is 17.4. The number of phenols is 1. The van der Waals surface area contributed by atoms with E-state index in [1.165, 1.54) is 22.3 Å². The van der Waals surface area contributed by atoms with Crippen LogP contribution < -0.4 is 5.73 Å². The van der Waals surface area contributed by atoms with Gasteiger partial charge in [-0.1, -0.05) is 37.6 Å². The molecule has 0 bridgehead atoms. The number of aliphatic imine (C=N–C) groups is 1. The van der Waals surface area contributed by atoms with Crippen molar-refractivity contribution in [2.45, 2.75) is 53.9 Å². The Hall–Kier alpha value is -3.07. The molecule has 0 heterocycles. The van der Waals surface area contributed by atoms with Gasteiger partial charge in [0.15, 0.2) is 0 Å². The van der Waals surface area contributed by atoms with Gasteiger partial charge in [-0.3, -0.25) is 4.99 Å². The zero-order valence-electron chi connectivity index (χ0n) is 18.7. The largest absolute Gasteiger partial charge is 0.508 e. The summed E-state index contributed by atoms with van der Waals surface area (Å²) in [6.07, 6.45) is 2.80. The molecule has 0 aromatic heterocycles. The van der Waals surface area contributed by atoms with Crippen LogP contribution in [0.5, 0.6) is 5.75 Å². The summed E-state index contributed by atoms with van der Waals surface area (Å²) in [6, 6.07) is 16.2. The number of phenolic OH excluding ortho intramolecular Hbond substituents is 1. The Morgan fingerprint density at radius 1 is 0.833 bits per heavy atom. The summed E-state index contributed by atoms with van der Waals surface area (Å²) in [7, 11) is 0. The zero-order chi connectivity index (χ0) is 21.8. The van der Waals surface area contributed by atoms with E-state index in [2.05, 4.69) is 58.9 Å². The molecule has 3 N–H and O–H groups in total. The molecule has 3 heteroatoms. The Morgan fingerprint density at radius 3 is 1.83 bits per heavy atom. The van der Waals surface area contributed by atoms with Crippen LogP contribution in [0.4, 0.5) is 11.4 Å². The molecule has 0 atom stereocenters.